The summed E-state index contributed by atoms with van der Waals surface area (Å²) in [5.74, 6) is -0.148. The molecule has 0 bridgehead atoms. The predicted molar refractivity (Wildman–Crippen MR) is 93.4 cm³/mol. The first-order valence-corrected chi connectivity index (χ1v) is 7.86. The van der Waals surface area contributed by atoms with Gasteiger partial charge in [0.1, 0.15) is 5.56 Å². The van der Waals surface area contributed by atoms with Crippen LogP contribution < -0.4 is 14.8 Å². The minimum absolute atomic E-state index is 0.110. The molecule has 0 radical (unpaired) electrons. The average Bonchev–Trinajstić information content (AvgIpc) is 2.60. The van der Waals surface area contributed by atoms with Crippen LogP contribution in [-0.4, -0.2) is 24.5 Å². The summed E-state index contributed by atoms with van der Waals surface area (Å²) >= 11 is 6.05. The van der Waals surface area contributed by atoms with E-state index in [1.54, 1.807) is 31.2 Å². The molecule has 25 heavy (non-hydrogen) atoms. The zero-order chi connectivity index (χ0) is 18.4. The molecule has 8 heteroatoms. The first kappa shape index (κ1) is 18.5. The average molecular weight is 365 g/mol. The van der Waals surface area contributed by atoms with E-state index in [9.17, 15) is 14.9 Å². The van der Waals surface area contributed by atoms with Crippen molar-refractivity contribution in [1.82, 2.24) is 5.32 Å². The summed E-state index contributed by atoms with van der Waals surface area (Å²) in [6, 6.07) is 9.51. The van der Waals surface area contributed by atoms with Crippen LogP contribution >= 0.6 is 11.6 Å². The number of benzene rings is 2. The van der Waals surface area contributed by atoms with Gasteiger partial charge in [-0.2, -0.15) is 0 Å². The molecule has 0 saturated heterocycles. The van der Waals surface area contributed by atoms with E-state index in [4.69, 9.17) is 21.1 Å². The van der Waals surface area contributed by atoms with Crippen molar-refractivity contribution in [2.24, 2.45) is 0 Å². The van der Waals surface area contributed by atoms with Gasteiger partial charge < -0.3 is 14.8 Å². The van der Waals surface area contributed by atoms with Gasteiger partial charge in [-0.3, -0.25) is 14.9 Å². The summed E-state index contributed by atoms with van der Waals surface area (Å²) in [5, 5.41) is 14.4. The summed E-state index contributed by atoms with van der Waals surface area (Å²) in [4.78, 5) is 23.1. The van der Waals surface area contributed by atoms with Crippen LogP contribution in [-0.2, 0) is 6.54 Å². The van der Waals surface area contributed by atoms with Crippen molar-refractivity contribution in [2.45, 2.75) is 13.5 Å². The van der Waals surface area contributed by atoms with Crippen LogP contribution in [0.3, 0.4) is 0 Å². The van der Waals surface area contributed by atoms with Gasteiger partial charge in [0.05, 0.1) is 24.7 Å². The molecule has 2 aromatic rings. The number of hydrogen-bond donors (Lipinski definition) is 1. The Bertz CT molecular complexity index is 795. The monoisotopic (exact) mass is 364 g/mol. The Labute approximate surface area is 149 Å². The summed E-state index contributed by atoms with van der Waals surface area (Å²) in [7, 11) is 1.37. The molecular formula is C17H17ClN2O5. The van der Waals surface area contributed by atoms with E-state index in [2.05, 4.69) is 5.32 Å². The van der Waals surface area contributed by atoms with E-state index in [1.165, 1.54) is 19.2 Å². The van der Waals surface area contributed by atoms with Gasteiger partial charge >= 0.3 is 0 Å². The van der Waals surface area contributed by atoms with Gasteiger partial charge in [0, 0.05) is 17.6 Å². The molecule has 0 aliphatic heterocycles. The third-order valence-corrected chi connectivity index (χ3v) is 3.79. The Kier molecular flexibility index (Phi) is 6.19. The number of nitrogens with one attached hydrogen (secondary N) is 1. The molecule has 0 spiro atoms. The van der Waals surface area contributed by atoms with Crippen molar-refractivity contribution in [2.75, 3.05) is 13.7 Å². The number of methoxy groups -OCH3 is 1. The molecule has 0 aliphatic carbocycles. The lowest BCUT2D eigenvalue weighted by atomic mass is 10.1. The minimum atomic E-state index is -0.636. The smallest absolute Gasteiger partial charge is 0.286 e. The van der Waals surface area contributed by atoms with Gasteiger partial charge in [-0.15, -0.1) is 0 Å². The maximum absolute atomic E-state index is 12.5. The lowest BCUT2D eigenvalue weighted by Gasteiger charge is -2.12. The number of halogens is 1. The summed E-state index contributed by atoms with van der Waals surface area (Å²) in [6.45, 7) is 2.23. The highest BCUT2D eigenvalue weighted by Crippen LogP contribution is 2.34. The van der Waals surface area contributed by atoms with Crippen molar-refractivity contribution >= 4 is 23.2 Å². The van der Waals surface area contributed by atoms with Crippen LogP contribution in [0.5, 0.6) is 11.5 Å². The van der Waals surface area contributed by atoms with Gasteiger partial charge in [-0.05, 0) is 18.6 Å². The second-order valence-corrected chi connectivity index (χ2v) is 5.39. The summed E-state index contributed by atoms with van der Waals surface area (Å²) in [6.07, 6.45) is 0. The van der Waals surface area contributed by atoms with Crippen LogP contribution in [0.15, 0.2) is 36.4 Å². The molecule has 0 unspecified atom stereocenters. The minimum Gasteiger partial charge on any atom is -0.493 e. The number of hydrogen-bond acceptors (Lipinski definition) is 5. The maximum atomic E-state index is 12.5. The highest BCUT2D eigenvalue weighted by molar-refractivity contribution is 6.31. The zero-order valence-electron chi connectivity index (χ0n) is 13.7. The highest BCUT2D eigenvalue weighted by Gasteiger charge is 2.24. The van der Waals surface area contributed by atoms with Crippen molar-refractivity contribution in [3.63, 3.8) is 0 Å². The van der Waals surface area contributed by atoms with Crippen LogP contribution in [0.25, 0.3) is 0 Å². The topological polar surface area (TPSA) is 90.7 Å². The quantitative estimate of drug-likeness (QED) is 0.599. The van der Waals surface area contributed by atoms with E-state index >= 15 is 0 Å². The summed E-state index contributed by atoms with van der Waals surface area (Å²) < 4.78 is 10.5. The lowest BCUT2D eigenvalue weighted by molar-refractivity contribution is -0.385. The molecule has 0 saturated carbocycles. The number of rotatable bonds is 7. The van der Waals surface area contributed by atoms with Gasteiger partial charge in [0.2, 0.25) is 0 Å². The largest absolute Gasteiger partial charge is 0.493 e. The highest BCUT2D eigenvalue weighted by atomic mass is 35.5. The second kappa shape index (κ2) is 8.34. The molecule has 1 N–H and O–H groups in total. The van der Waals surface area contributed by atoms with E-state index < -0.39 is 10.8 Å². The summed E-state index contributed by atoms with van der Waals surface area (Å²) in [5.41, 5.74) is 0.233. The number of ether oxygens (including phenoxy) is 2. The van der Waals surface area contributed by atoms with Gasteiger partial charge in [0.15, 0.2) is 11.5 Å². The Balaban J connectivity index is 2.32. The lowest BCUT2D eigenvalue weighted by Crippen LogP contribution is -2.24. The number of nitro benzene ring substituents is 1. The van der Waals surface area contributed by atoms with E-state index in [-0.39, 0.29) is 29.3 Å². The Morgan fingerprint density at radius 1 is 1.28 bits per heavy atom. The van der Waals surface area contributed by atoms with Crippen molar-refractivity contribution in [1.29, 1.82) is 0 Å². The van der Waals surface area contributed by atoms with Gasteiger partial charge in [-0.25, -0.2) is 0 Å². The predicted octanol–water partition coefficient (Wildman–Crippen LogP) is 3.59. The van der Waals surface area contributed by atoms with Crippen molar-refractivity contribution in [3.05, 3.63) is 62.7 Å². The van der Waals surface area contributed by atoms with Crippen LogP contribution in [0.4, 0.5) is 5.69 Å². The molecule has 0 heterocycles. The van der Waals surface area contributed by atoms with E-state index in [0.29, 0.717) is 17.2 Å². The van der Waals surface area contributed by atoms with Crippen LogP contribution in [0.2, 0.25) is 5.02 Å². The van der Waals surface area contributed by atoms with Gasteiger partial charge in [-0.1, -0.05) is 29.8 Å². The molecule has 1 amide bonds. The Morgan fingerprint density at radius 2 is 2.00 bits per heavy atom. The number of amides is 1. The molecule has 0 atom stereocenters. The first-order valence-electron chi connectivity index (χ1n) is 7.48. The molecular weight excluding hydrogens is 348 g/mol. The van der Waals surface area contributed by atoms with Crippen LogP contribution in [0.1, 0.15) is 22.8 Å². The fraction of sp³-hybridized carbons (Fsp3) is 0.235. The van der Waals surface area contributed by atoms with Crippen molar-refractivity contribution < 1.29 is 19.2 Å². The number of carbonyl (C=O) groups is 1. The molecule has 132 valence electrons. The van der Waals surface area contributed by atoms with E-state index in [0.717, 1.165) is 0 Å². The van der Waals surface area contributed by atoms with Gasteiger partial charge in [0.25, 0.3) is 11.6 Å². The van der Waals surface area contributed by atoms with E-state index in [1.807, 2.05) is 0 Å². The second-order valence-electron chi connectivity index (χ2n) is 4.98. The fourth-order valence-corrected chi connectivity index (χ4v) is 2.42. The standard InChI is InChI=1S/C17H17ClN2O5/c1-3-25-16-8-12(14(20(22)23)9-15(16)24-2)17(21)19-10-11-6-4-5-7-13(11)18/h4-9H,3,10H2,1-2H3,(H,19,21). The maximum Gasteiger partial charge on any atom is 0.286 e. The Hall–Kier alpha value is -2.80. The Morgan fingerprint density at radius 3 is 2.60 bits per heavy atom. The molecule has 7 nitrogen and oxygen atoms in total. The van der Waals surface area contributed by atoms with Crippen LogP contribution in [0, 0.1) is 10.1 Å². The third kappa shape index (κ3) is 4.39. The fourth-order valence-electron chi connectivity index (χ4n) is 2.22. The molecule has 0 fully saturated rings. The third-order valence-electron chi connectivity index (χ3n) is 3.42. The van der Waals surface area contributed by atoms with Crippen molar-refractivity contribution in [3.8, 4) is 11.5 Å². The molecule has 2 rings (SSSR count). The molecule has 0 aliphatic rings. The number of carbonyl (C=O) groups excluding carboxylic acids is 1. The number of nitrogens with zero attached hydrogens (tertiary/aromatic N) is 1. The normalized spacial score (nSPS) is 10.2. The molecule has 0 aromatic heterocycles. The number of nitro groups is 1. The first-order chi connectivity index (χ1) is 12.0. The molecule has 2 aromatic carbocycles. The zero-order valence-corrected chi connectivity index (χ0v) is 14.5. The SMILES string of the molecule is CCOc1cc(C(=O)NCc2ccccc2Cl)c([N+](=O)[O-])cc1OC.